The second-order valence-electron chi connectivity index (χ2n) is 5.37. The molecule has 0 bridgehead atoms. The van der Waals surface area contributed by atoms with E-state index in [2.05, 4.69) is 5.32 Å². The second kappa shape index (κ2) is 8.82. The predicted molar refractivity (Wildman–Crippen MR) is 99.5 cm³/mol. The predicted octanol–water partition coefficient (Wildman–Crippen LogP) is 3.37. The van der Waals surface area contributed by atoms with E-state index in [0.29, 0.717) is 16.1 Å². The quantitative estimate of drug-likeness (QED) is 0.350. The first-order chi connectivity index (χ1) is 12.8. The van der Waals surface area contributed by atoms with Crippen LogP contribution in [0.1, 0.15) is 22.8 Å². The van der Waals surface area contributed by atoms with Crippen molar-refractivity contribution in [2.24, 2.45) is 0 Å². The lowest BCUT2D eigenvalue weighted by atomic mass is 10.2. The molecule has 0 aliphatic rings. The molecule has 2 aromatic rings. The summed E-state index contributed by atoms with van der Waals surface area (Å²) in [4.78, 5) is 35.3. The molecule has 8 nitrogen and oxygen atoms in total. The molecule has 1 atom stereocenters. The highest BCUT2D eigenvalue weighted by molar-refractivity contribution is 7.98. The Bertz CT molecular complexity index is 939. The highest BCUT2D eigenvalue weighted by Crippen LogP contribution is 2.28. The Hall–Kier alpha value is -3.38. The Labute approximate surface area is 159 Å². The number of esters is 1. The summed E-state index contributed by atoms with van der Waals surface area (Å²) in [6.07, 6.45) is 0.552. The monoisotopic (exact) mass is 385 g/mol. The Morgan fingerprint density at radius 1 is 1.30 bits per heavy atom. The molecule has 27 heavy (non-hydrogen) atoms. The normalized spacial score (nSPS) is 11.1. The van der Waals surface area contributed by atoms with E-state index in [1.54, 1.807) is 24.5 Å². The van der Waals surface area contributed by atoms with Gasteiger partial charge in [0.05, 0.1) is 27.0 Å². The number of carbonyl (C=O) groups excluding carboxylic acids is 2. The molecule has 0 unspecified atom stereocenters. The van der Waals surface area contributed by atoms with Crippen LogP contribution in [-0.2, 0) is 9.53 Å². The lowest BCUT2D eigenvalue weighted by Crippen LogP contribution is -2.30. The third-order valence-electron chi connectivity index (χ3n) is 3.52. The van der Waals surface area contributed by atoms with Crippen LogP contribution < -0.4 is 5.32 Å². The fourth-order valence-corrected chi connectivity index (χ4v) is 2.70. The Morgan fingerprint density at radius 3 is 2.67 bits per heavy atom. The zero-order valence-corrected chi connectivity index (χ0v) is 15.3. The van der Waals surface area contributed by atoms with Crippen LogP contribution in [0.3, 0.4) is 0 Å². The highest BCUT2D eigenvalue weighted by atomic mass is 32.2. The number of anilines is 1. The topological polar surface area (TPSA) is 122 Å². The van der Waals surface area contributed by atoms with E-state index in [-0.39, 0.29) is 11.3 Å². The number of nitro benzene ring substituents is 1. The smallest absolute Gasteiger partial charge is 0.339 e. The summed E-state index contributed by atoms with van der Waals surface area (Å²) in [5.41, 5.74) is 0.536. The Kier molecular flexibility index (Phi) is 6.51. The molecule has 1 amide bonds. The number of hydrogen-bond acceptors (Lipinski definition) is 7. The average Bonchev–Trinajstić information content (AvgIpc) is 2.67. The van der Waals surface area contributed by atoms with Crippen LogP contribution in [0.15, 0.2) is 47.4 Å². The third-order valence-corrected chi connectivity index (χ3v) is 4.31. The van der Waals surface area contributed by atoms with E-state index in [0.717, 1.165) is 6.07 Å². The molecule has 0 fully saturated rings. The van der Waals surface area contributed by atoms with Gasteiger partial charge in [-0.3, -0.25) is 14.9 Å². The number of ether oxygens (including phenoxy) is 1. The van der Waals surface area contributed by atoms with Crippen LogP contribution >= 0.6 is 11.8 Å². The van der Waals surface area contributed by atoms with E-state index in [9.17, 15) is 19.7 Å². The van der Waals surface area contributed by atoms with E-state index >= 15 is 0 Å². The summed E-state index contributed by atoms with van der Waals surface area (Å²) in [5, 5.41) is 22.5. The number of nitrogens with one attached hydrogen (secondary N) is 1. The molecule has 2 rings (SSSR count). The van der Waals surface area contributed by atoms with Crippen LogP contribution in [0.2, 0.25) is 0 Å². The summed E-state index contributed by atoms with van der Waals surface area (Å²) in [7, 11) is 0. The molecule has 0 aliphatic carbocycles. The molecular weight excluding hydrogens is 370 g/mol. The van der Waals surface area contributed by atoms with Gasteiger partial charge in [-0.1, -0.05) is 6.07 Å². The van der Waals surface area contributed by atoms with Gasteiger partial charge in [0.15, 0.2) is 6.10 Å². The Balaban J connectivity index is 2.08. The maximum atomic E-state index is 12.2. The van der Waals surface area contributed by atoms with Gasteiger partial charge in [-0.2, -0.15) is 5.26 Å². The van der Waals surface area contributed by atoms with Crippen molar-refractivity contribution >= 4 is 35.0 Å². The van der Waals surface area contributed by atoms with Crippen LogP contribution in [0.25, 0.3) is 0 Å². The standard InChI is InChI=1S/C18H15N3O5S/c1-11(17(22)20-14-5-3-4-12(8-14)10-19)26-18(23)13-6-7-16(27-2)15(9-13)21(24)25/h3-9,11H,1-2H3,(H,20,22)/t11-/m1/s1. The number of nitro groups is 1. The van der Waals surface area contributed by atoms with Crippen molar-refractivity contribution in [1.82, 2.24) is 0 Å². The molecule has 0 spiro atoms. The SMILES string of the molecule is CSc1ccc(C(=O)O[C@H](C)C(=O)Nc2cccc(C#N)c2)cc1[N+](=O)[O-]. The van der Waals surface area contributed by atoms with Gasteiger partial charge in [0.2, 0.25) is 0 Å². The number of hydrogen-bond donors (Lipinski definition) is 1. The van der Waals surface area contributed by atoms with Gasteiger partial charge in [-0.25, -0.2) is 4.79 Å². The first-order valence-electron chi connectivity index (χ1n) is 7.70. The van der Waals surface area contributed by atoms with E-state index in [1.807, 2.05) is 6.07 Å². The van der Waals surface area contributed by atoms with Crippen LogP contribution in [0.4, 0.5) is 11.4 Å². The number of nitrogens with zero attached hydrogens (tertiary/aromatic N) is 2. The molecule has 0 radical (unpaired) electrons. The molecule has 138 valence electrons. The second-order valence-corrected chi connectivity index (χ2v) is 6.22. The molecular formula is C18H15N3O5S. The third kappa shape index (κ3) is 5.05. The lowest BCUT2D eigenvalue weighted by Gasteiger charge is -2.14. The number of benzene rings is 2. The molecule has 0 saturated carbocycles. The van der Waals surface area contributed by atoms with Crippen molar-refractivity contribution in [2.75, 3.05) is 11.6 Å². The molecule has 0 aromatic heterocycles. The van der Waals surface area contributed by atoms with Gasteiger partial charge in [0, 0.05) is 11.8 Å². The number of amides is 1. The summed E-state index contributed by atoms with van der Waals surface area (Å²) in [6.45, 7) is 1.38. The van der Waals surface area contributed by atoms with Gasteiger partial charge >= 0.3 is 5.97 Å². The summed E-state index contributed by atoms with van der Waals surface area (Å²) in [5.74, 6) is -1.44. The van der Waals surface area contributed by atoms with E-state index in [4.69, 9.17) is 10.00 Å². The zero-order chi connectivity index (χ0) is 20.0. The fourth-order valence-electron chi connectivity index (χ4n) is 2.15. The van der Waals surface area contributed by atoms with Crippen LogP contribution in [-0.4, -0.2) is 29.2 Å². The molecule has 0 aliphatic heterocycles. The molecule has 0 heterocycles. The minimum atomic E-state index is -1.14. The largest absolute Gasteiger partial charge is 0.449 e. The van der Waals surface area contributed by atoms with Gasteiger partial charge < -0.3 is 10.1 Å². The van der Waals surface area contributed by atoms with E-state index < -0.39 is 22.9 Å². The first kappa shape index (κ1) is 19.9. The fraction of sp³-hybridized carbons (Fsp3) is 0.167. The minimum Gasteiger partial charge on any atom is -0.449 e. The maximum absolute atomic E-state index is 12.2. The minimum absolute atomic E-state index is 0.0226. The lowest BCUT2D eigenvalue weighted by molar-refractivity contribution is -0.387. The van der Waals surface area contributed by atoms with Gasteiger partial charge in [0.1, 0.15) is 0 Å². The van der Waals surface area contributed by atoms with Crippen molar-refractivity contribution < 1.29 is 19.2 Å². The van der Waals surface area contributed by atoms with Crippen molar-refractivity contribution in [1.29, 1.82) is 5.26 Å². The van der Waals surface area contributed by atoms with Crippen molar-refractivity contribution in [3.05, 3.63) is 63.7 Å². The number of nitriles is 1. The molecule has 9 heteroatoms. The zero-order valence-electron chi connectivity index (χ0n) is 14.5. The average molecular weight is 385 g/mol. The number of rotatable bonds is 6. The summed E-state index contributed by atoms with van der Waals surface area (Å²) in [6, 6.07) is 12.2. The number of thioether (sulfide) groups is 1. The first-order valence-corrected chi connectivity index (χ1v) is 8.92. The molecule has 1 N–H and O–H groups in total. The van der Waals surface area contributed by atoms with Gasteiger partial charge in [-0.05, 0) is 43.5 Å². The highest BCUT2D eigenvalue weighted by Gasteiger charge is 2.22. The summed E-state index contributed by atoms with van der Waals surface area (Å²) < 4.78 is 5.09. The van der Waals surface area contributed by atoms with Crippen molar-refractivity contribution in [2.45, 2.75) is 17.9 Å². The molecule has 0 saturated heterocycles. The number of carbonyl (C=O) groups is 2. The molecule has 2 aromatic carbocycles. The van der Waals surface area contributed by atoms with Crippen molar-refractivity contribution in [3.63, 3.8) is 0 Å². The van der Waals surface area contributed by atoms with Crippen molar-refractivity contribution in [3.8, 4) is 6.07 Å². The van der Waals surface area contributed by atoms with Crippen LogP contribution in [0, 0.1) is 21.4 Å². The van der Waals surface area contributed by atoms with Gasteiger partial charge in [-0.15, -0.1) is 11.8 Å². The van der Waals surface area contributed by atoms with Crippen LogP contribution in [0.5, 0.6) is 0 Å². The van der Waals surface area contributed by atoms with E-state index in [1.165, 1.54) is 36.9 Å². The maximum Gasteiger partial charge on any atom is 0.339 e. The Morgan fingerprint density at radius 2 is 2.04 bits per heavy atom. The summed E-state index contributed by atoms with van der Waals surface area (Å²) >= 11 is 1.19. The van der Waals surface area contributed by atoms with Gasteiger partial charge in [0.25, 0.3) is 11.6 Å².